The fourth-order valence-corrected chi connectivity index (χ4v) is 1.26. The van der Waals surface area contributed by atoms with Crippen LogP contribution in [0.4, 0.5) is 0 Å². The number of nitrogens with zero attached hydrogens (tertiary/aromatic N) is 1. The van der Waals surface area contributed by atoms with Crippen molar-refractivity contribution in [1.82, 2.24) is 10.3 Å². The Morgan fingerprint density at radius 3 is 3.07 bits per heavy atom. The lowest BCUT2D eigenvalue weighted by atomic mass is 10.3. The number of rotatable bonds is 3. The molecule has 0 bridgehead atoms. The maximum Gasteiger partial charge on any atom is 0.253 e. The number of amides is 1. The van der Waals surface area contributed by atoms with Crippen LogP contribution in [-0.2, 0) is 0 Å². The summed E-state index contributed by atoms with van der Waals surface area (Å²) in [4.78, 5) is 15.2. The monoisotopic (exact) mass is 274 g/mol. The average molecular weight is 276 g/mol. The van der Waals surface area contributed by atoms with E-state index in [4.69, 9.17) is 11.6 Å². The van der Waals surface area contributed by atoms with Crippen molar-refractivity contribution < 1.29 is 4.79 Å². The van der Waals surface area contributed by atoms with Crippen LogP contribution in [0.1, 0.15) is 10.4 Å². The molecule has 3 nitrogen and oxygen atoms in total. The molecule has 1 amide bonds. The number of pyridine rings is 1. The number of carbonyl (C=O) groups is 1. The van der Waals surface area contributed by atoms with Gasteiger partial charge in [-0.25, -0.2) is 4.98 Å². The van der Waals surface area contributed by atoms with E-state index in [1.807, 2.05) is 0 Å². The lowest BCUT2D eigenvalue weighted by molar-refractivity contribution is 0.0957. The van der Waals surface area contributed by atoms with Crippen LogP contribution in [0, 0.1) is 0 Å². The first-order chi connectivity index (χ1) is 6.65. The molecule has 1 heterocycles. The molecule has 1 N–H and O–H groups in total. The van der Waals surface area contributed by atoms with E-state index in [1.54, 1.807) is 12.1 Å². The van der Waals surface area contributed by atoms with Gasteiger partial charge in [0.1, 0.15) is 5.15 Å². The lowest BCUT2D eigenvalue weighted by Crippen LogP contribution is -2.23. The van der Waals surface area contributed by atoms with E-state index in [2.05, 4.69) is 32.8 Å². The Hall–Kier alpha value is -0.870. The zero-order valence-corrected chi connectivity index (χ0v) is 9.60. The molecule has 1 rings (SSSR count). The molecule has 0 fully saturated rings. The van der Waals surface area contributed by atoms with Crippen molar-refractivity contribution in [3.8, 4) is 0 Å². The summed E-state index contributed by atoms with van der Waals surface area (Å²) in [6, 6.07) is 1.62. The zero-order chi connectivity index (χ0) is 10.6. The van der Waals surface area contributed by atoms with Crippen molar-refractivity contribution in [2.45, 2.75) is 0 Å². The van der Waals surface area contributed by atoms with Crippen LogP contribution in [0.15, 0.2) is 29.4 Å². The van der Waals surface area contributed by atoms with Crippen LogP contribution in [-0.4, -0.2) is 17.4 Å². The highest BCUT2D eigenvalue weighted by Gasteiger charge is 2.07. The van der Waals surface area contributed by atoms with E-state index < -0.39 is 0 Å². The Labute approximate surface area is 95.3 Å². The van der Waals surface area contributed by atoms with Gasteiger partial charge in [0.25, 0.3) is 5.91 Å². The van der Waals surface area contributed by atoms with Gasteiger partial charge in [-0.3, -0.25) is 4.79 Å². The average Bonchev–Trinajstić information content (AvgIpc) is 2.18. The SMILES string of the molecule is C=CCNC(=O)c1cnc(Cl)c(Br)c1. The highest BCUT2D eigenvalue weighted by atomic mass is 79.9. The molecule has 0 unspecified atom stereocenters. The van der Waals surface area contributed by atoms with Crippen LogP contribution in [0.2, 0.25) is 5.15 Å². The summed E-state index contributed by atoms with van der Waals surface area (Å²) in [5, 5.41) is 2.97. The van der Waals surface area contributed by atoms with Gasteiger partial charge in [0, 0.05) is 12.7 Å². The van der Waals surface area contributed by atoms with Crippen LogP contribution in [0.25, 0.3) is 0 Å². The van der Waals surface area contributed by atoms with Crippen LogP contribution in [0.3, 0.4) is 0 Å². The summed E-state index contributed by atoms with van der Waals surface area (Å²) in [6.07, 6.45) is 3.03. The number of hydrogen-bond acceptors (Lipinski definition) is 2. The molecular weight excluding hydrogens is 267 g/mol. The molecule has 0 aliphatic heterocycles. The molecule has 0 aromatic carbocycles. The molecule has 5 heteroatoms. The standard InChI is InChI=1S/C9H8BrClN2O/c1-2-3-12-9(14)6-4-7(10)8(11)13-5-6/h2,4-5H,1,3H2,(H,12,14). The Bertz CT molecular complexity index is 368. The van der Waals surface area contributed by atoms with Crippen molar-refractivity contribution in [3.05, 3.63) is 40.1 Å². The van der Waals surface area contributed by atoms with Crippen LogP contribution in [0.5, 0.6) is 0 Å². The third-order valence-electron chi connectivity index (χ3n) is 1.47. The summed E-state index contributed by atoms with van der Waals surface area (Å²) >= 11 is 8.87. The second-order valence-electron chi connectivity index (χ2n) is 2.50. The van der Waals surface area contributed by atoms with Gasteiger partial charge < -0.3 is 5.32 Å². The van der Waals surface area contributed by atoms with Gasteiger partial charge >= 0.3 is 0 Å². The number of carbonyl (C=O) groups excluding carboxylic acids is 1. The lowest BCUT2D eigenvalue weighted by Gasteiger charge is -2.02. The molecule has 0 radical (unpaired) electrons. The van der Waals surface area contributed by atoms with Crippen molar-refractivity contribution >= 4 is 33.4 Å². The number of hydrogen-bond donors (Lipinski definition) is 1. The third kappa shape index (κ3) is 2.82. The van der Waals surface area contributed by atoms with E-state index in [9.17, 15) is 4.79 Å². The highest BCUT2D eigenvalue weighted by molar-refractivity contribution is 9.10. The first-order valence-corrected chi connectivity index (χ1v) is 5.02. The fourth-order valence-electron chi connectivity index (χ4n) is 0.812. The Kier molecular flexibility index (Phi) is 4.10. The maximum atomic E-state index is 11.4. The zero-order valence-electron chi connectivity index (χ0n) is 7.26. The van der Waals surface area contributed by atoms with E-state index >= 15 is 0 Å². The van der Waals surface area contributed by atoms with Gasteiger partial charge in [-0.1, -0.05) is 17.7 Å². The normalized spacial score (nSPS) is 9.57. The predicted octanol–water partition coefficient (Wildman–Crippen LogP) is 2.41. The second-order valence-corrected chi connectivity index (χ2v) is 3.71. The largest absolute Gasteiger partial charge is 0.349 e. The first-order valence-electron chi connectivity index (χ1n) is 3.85. The Morgan fingerprint density at radius 2 is 2.50 bits per heavy atom. The first kappa shape index (κ1) is 11.2. The third-order valence-corrected chi connectivity index (χ3v) is 2.60. The Balaban J connectivity index is 2.80. The molecule has 0 saturated carbocycles. The van der Waals surface area contributed by atoms with E-state index in [0.717, 1.165) is 0 Å². The minimum Gasteiger partial charge on any atom is -0.349 e. The number of halogens is 2. The van der Waals surface area contributed by atoms with Crippen molar-refractivity contribution in [2.75, 3.05) is 6.54 Å². The number of aromatic nitrogens is 1. The van der Waals surface area contributed by atoms with Crippen molar-refractivity contribution in [2.24, 2.45) is 0 Å². The maximum absolute atomic E-state index is 11.4. The predicted molar refractivity (Wildman–Crippen MR) is 59.5 cm³/mol. The quantitative estimate of drug-likeness (QED) is 0.680. The summed E-state index contributed by atoms with van der Waals surface area (Å²) in [7, 11) is 0. The van der Waals surface area contributed by atoms with Crippen molar-refractivity contribution in [3.63, 3.8) is 0 Å². The second kappa shape index (κ2) is 5.12. The van der Waals surface area contributed by atoms with E-state index in [1.165, 1.54) is 6.20 Å². The molecule has 14 heavy (non-hydrogen) atoms. The van der Waals surface area contributed by atoms with Crippen LogP contribution < -0.4 is 5.32 Å². The summed E-state index contributed by atoms with van der Waals surface area (Å²) in [5.41, 5.74) is 0.461. The molecule has 0 saturated heterocycles. The topological polar surface area (TPSA) is 42.0 Å². The summed E-state index contributed by atoms with van der Waals surface area (Å²) in [6.45, 7) is 3.93. The Morgan fingerprint density at radius 1 is 1.79 bits per heavy atom. The van der Waals surface area contributed by atoms with E-state index in [-0.39, 0.29) is 5.91 Å². The molecule has 1 aromatic rings. The van der Waals surface area contributed by atoms with Gasteiger partial charge in [-0.05, 0) is 22.0 Å². The van der Waals surface area contributed by atoms with Crippen LogP contribution >= 0.6 is 27.5 Å². The molecule has 0 spiro atoms. The van der Waals surface area contributed by atoms with Gasteiger partial charge in [0.2, 0.25) is 0 Å². The summed E-state index contributed by atoms with van der Waals surface area (Å²) in [5.74, 6) is -0.199. The fraction of sp³-hybridized carbons (Fsp3) is 0.111. The number of nitrogens with one attached hydrogen (secondary N) is 1. The smallest absolute Gasteiger partial charge is 0.253 e. The van der Waals surface area contributed by atoms with Gasteiger partial charge in [0.05, 0.1) is 10.0 Å². The van der Waals surface area contributed by atoms with Gasteiger partial charge in [-0.2, -0.15) is 0 Å². The minimum absolute atomic E-state index is 0.199. The van der Waals surface area contributed by atoms with Crippen molar-refractivity contribution in [1.29, 1.82) is 0 Å². The molecule has 74 valence electrons. The van der Waals surface area contributed by atoms with Gasteiger partial charge in [0.15, 0.2) is 0 Å². The van der Waals surface area contributed by atoms with E-state index in [0.29, 0.717) is 21.7 Å². The molecule has 0 atom stereocenters. The molecule has 0 aliphatic carbocycles. The molecule has 1 aromatic heterocycles. The van der Waals surface area contributed by atoms with Gasteiger partial charge in [-0.15, -0.1) is 6.58 Å². The molecular formula is C9H8BrClN2O. The molecule has 0 aliphatic rings. The summed E-state index contributed by atoms with van der Waals surface area (Å²) < 4.78 is 0.602. The minimum atomic E-state index is -0.199. The highest BCUT2D eigenvalue weighted by Crippen LogP contribution is 2.20.